The predicted molar refractivity (Wildman–Crippen MR) is 124 cm³/mol. The Morgan fingerprint density at radius 2 is 1.55 bits per heavy atom. The lowest BCUT2D eigenvalue weighted by Gasteiger charge is -2.27. The molecule has 1 fully saturated rings. The molecule has 2 aromatic rings. The first-order valence-electron chi connectivity index (χ1n) is 11.3. The third-order valence-electron chi connectivity index (χ3n) is 5.73. The van der Waals surface area contributed by atoms with Crippen molar-refractivity contribution in [2.24, 2.45) is 5.92 Å². The van der Waals surface area contributed by atoms with Gasteiger partial charge in [-0.05, 0) is 73.9 Å². The van der Waals surface area contributed by atoms with E-state index in [-0.39, 0.29) is 18.0 Å². The molecule has 0 bridgehead atoms. The molecule has 0 spiro atoms. The molecule has 0 N–H and O–H groups in total. The quantitative estimate of drug-likeness (QED) is 0.215. The maximum absolute atomic E-state index is 12.6. The largest absolute Gasteiger partial charge is 0.463 e. The molecule has 33 heavy (non-hydrogen) atoms. The van der Waals surface area contributed by atoms with Gasteiger partial charge in [0.25, 0.3) is 0 Å². The SMILES string of the molecule is C=CC(=O)OCCCCOC1CCC(C(=O)Oc2ccc(-c3ccc(C#N)cc3)cc2)CC1. The van der Waals surface area contributed by atoms with Gasteiger partial charge in [0.15, 0.2) is 0 Å². The van der Waals surface area contributed by atoms with Crippen molar-refractivity contribution in [2.75, 3.05) is 13.2 Å². The summed E-state index contributed by atoms with van der Waals surface area (Å²) in [6.07, 6.45) is 6.08. The van der Waals surface area contributed by atoms with Crippen molar-refractivity contribution in [3.05, 3.63) is 66.7 Å². The molecule has 1 aliphatic carbocycles. The highest BCUT2D eigenvalue weighted by Gasteiger charge is 2.28. The lowest BCUT2D eigenvalue weighted by molar-refractivity contribution is -0.141. The highest BCUT2D eigenvalue weighted by Crippen LogP contribution is 2.29. The molecule has 0 atom stereocenters. The first kappa shape index (κ1) is 24.2. The molecule has 0 unspecified atom stereocenters. The average molecular weight is 448 g/mol. The van der Waals surface area contributed by atoms with Crippen molar-refractivity contribution >= 4 is 11.9 Å². The lowest BCUT2D eigenvalue weighted by atomic mass is 9.87. The van der Waals surface area contributed by atoms with E-state index < -0.39 is 5.97 Å². The third kappa shape index (κ3) is 7.58. The van der Waals surface area contributed by atoms with Crippen LogP contribution in [0.5, 0.6) is 5.75 Å². The second kappa shape index (κ2) is 12.6. The number of unbranched alkanes of at least 4 members (excludes halogenated alkanes) is 1. The van der Waals surface area contributed by atoms with E-state index in [1.54, 1.807) is 24.3 Å². The molecule has 1 saturated carbocycles. The van der Waals surface area contributed by atoms with E-state index in [2.05, 4.69) is 12.6 Å². The van der Waals surface area contributed by atoms with Gasteiger partial charge in [0, 0.05) is 12.7 Å². The van der Waals surface area contributed by atoms with Crippen molar-refractivity contribution in [2.45, 2.75) is 44.6 Å². The maximum atomic E-state index is 12.6. The van der Waals surface area contributed by atoms with E-state index in [1.165, 1.54) is 0 Å². The van der Waals surface area contributed by atoms with E-state index in [0.717, 1.165) is 55.7 Å². The van der Waals surface area contributed by atoms with Crippen LogP contribution in [0.15, 0.2) is 61.2 Å². The van der Waals surface area contributed by atoms with Gasteiger partial charge < -0.3 is 14.2 Å². The fourth-order valence-corrected chi connectivity index (χ4v) is 3.80. The second-order valence-corrected chi connectivity index (χ2v) is 8.06. The van der Waals surface area contributed by atoms with E-state index in [1.807, 2.05) is 24.3 Å². The summed E-state index contributed by atoms with van der Waals surface area (Å²) in [5.74, 6) is -0.165. The summed E-state index contributed by atoms with van der Waals surface area (Å²) in [6.45, 7) is 4.36. The Labute approximate surface area is 194 Å². The zero-order chi connectivity index (χ0) is 23.5. The smallest absolute Gasteiger partial charge is 0.330 e. The Hall–Kier alpha value is -3.43. The summed E-state index contributed by atoms with van der Waals surface area (Å²) in [4.78, 5) is 23.5. The Bertz CT molecular complexity index is 967. The van der Waals surface area contributed by atoms with Gasteiger partial charge in [0.05, 0.1) is 30.3 Å². The van der Waals surface area contributed by atoms with Gasteiger partial charge in [0.2, 0.25) is 0 Å². The topological polar surface area (TPSA) is 85.6 Å². The van der Waals surface area contributed by atoms with Crippen LogP contribution in [0.3, 0.4) is 0 Å². The number of esters is 2. The molecule has 2 aromatic carbocycles. The van der Waals surface area contributed by atoms with Gasteiger partial charge in [-0.1, -0.05) is 30.8 Å². The third-order valence-corrected chi connectivity index (χ3v) is 5.73. The van der Waals surface area contributed by atoms with Crippen LogP contribution in [0.4, 0.5) is 0 Å². The second-order valence-electron chi connectivity index (χ2n) is 8.06. The molecule has 6 heteroatoms. The molecule has 0 saturated heterocycles. The molecule has 6 nitrogen and oxygen atoms in total. The summed E-state index contributed by atoms with van der Waals surface area (Å²) < 4.78 is 16.4. The van der Waals surface area contributed by atoms with E-state index >= 15 is 0 Å². The minimum absolute atomic E-state index is 0.110. The monoisotopic (exact) mass is 447 g/mol. The predicted octanol–water partition coefficient (Wildman–Crippen LogP) is 5.22. The molecule has 0 amide bonds. The number of benzene rings is 2. The van der Waals surface area contributed by atoms with Crippen molar-refractivity contribution in [1.29, 1.82) is 5.26 Å². The Kier molecular flexibility index (Phi) is 9.22. The van der Waals surface area contributed by atoms with Gasteiger partial charge in [-0.25, -0.2) is 4.79 Å². The zero-order valence-electron chi connectivity index (χ0n) is 18.7. The van der Waals surface area contributed by atoms with Gasteiger partial charge in [-0.2, -0.15) is 5.26 Å². The van der Waals surface area contributed by atoms with Crippen LogP contribution >= 0.6 is 0 Å². The minimum atomic E-state index is -0.400. The zero-order valence-corrected chi connectivity index (χ0v) is 18.7. The number of hydrogen-bond acceptors (Lipinski definition) is 6. The average Bonchev–Trinajstić information content (AvgIpc) is 2.86. The van der Waals surface area contributed by atoms with Crippen LogP contribution in [0.2, 0.25) is 0 Å². The number of nitrogens with zero attached hydrogens (tertiary/aromatic N) is 1. The van der Waals surface area contributed by atoms with Crippen molar-refractivity contribution < 1.29 is 23.8 Å². The normalized spacial score (nSPS) is 17.5. The fourth-order valence-electron chi connectivity index (χ4n) is 3.80. The summed E-state index contributed by atoms with van der Waals surface area (Å²) in [5, 5.41) is 8.91. The molecule has 0 heterocycles. The summed E-state index contributed by atoms with van der Waals surface area (Å²) in [7, 11) is 0. The van der Waals surface area contributed by atoms with Crippen LogP contribution < -0.4 is 4.74 Å². The van der Waals surface area contributed by atoms with Crippen LogP contribution in [0.25, 0.3) is 11.1 Å². The highest BCUT2D eigenvalue weighted by molar-refractivity contribution is 5.81. The van der Waals surface area contributed by atoms with Gasteiger partial charge >= 0.3 is 11.9 Å². The number of nitriles is 1. The van der Waals surface area contributed by atoms with E-state index in [9.17, 15) is 9.59 Å². The van der Waals surface area contributed by atoms with Crippen LogP contribution in [0, 0.1) is 17.2 Å². The van der Waals surface area contributed by atoms with Crippen molar-refractivity contribution in [3.63, 3.8) is 0 Å². The van der Waals surface area contributed by atoms with Gasteiger partial charge in [0.1, 0.15) is 5.75 Å². The number of carbonyl (C=O) groups excluding carboxylic acids is 2. The number of ether oxygens (including phenoxy) is 3. The van der Waals surface area contributed by atoms with Crippen LogP contribution in [-0.2, 0) is 19.1 Å². The Morgan fingerprint density at radius 1 is 0.939 bits per heavy atom. The number of hydrogen-bond donors (Lipinski definition) is 0. The summed E-state index contributed by atoms with van der Waals surface area (Å²) >= 11 is 0. The number of carbonyl (C=O) groups is 2. The summed E-state index contributed by atoms with van der Waals surface area (Å²) in [5.41, 5.74) is 2.62. The highest BCUT2D eigenvalue weighted by atomic mass is 16.5. The minimum Gasteiger partial charge on any atom is -0.463 e. The molecule has 3 rings (SSSR count). The molecule has 0 radical (unpaired) electrons. The lowest BCUT2D eigenvalue weighted by Crippen LogP contribution is -2.29. The maximum Gasteiger partial charge on any atom is 0.330 e. The molecule has 0 aliphatic heterocycles. The Balaban J connectivity index is 1.36. The van der Waals surface area contributed by atoms with Crippen molar-refractivity contribution in [1.82, 2.24) is 0 Å². The molecule has 1 aliphatic rings. The molecule has 172 valence electrons. The van der Waals surface area contributed by atoms with E-state index in [4.69, 9.17) is 19.5 Å². The van der Waals surface area contributed by atoms with Gasteiger partial charge in [-0.15, -0.1) is 0 Å². The standard InChI is InChI=1S/C27H29NO5/c1-2-26(29)32-18-4-3-17-31-24-13-11-23(12-14-24)27(30)33-25-15-9-22(10-16-25)21-7-5-20(19-28)6-8-21/h2,5-10,15-16,23-24H,1,3-4,11-14,17-18H2. The van der Waals surface area contributed by atoms with Crippen molar-refractivity contribution in [3.8, 4) is 22.9 Å². The van der Waals surface area contributed by atoms with Crippen LogP contribution in [0.1, 0.15) is 44.1 Å². The first-order chi connectivity index (χ1) is 16.1. The van der Waals surface area contributed by atoms with Crippen LogP contribution in [-0.4, -0.2) is 31.3 Å². The van der Waals surface area contributed by atoms with E-state index in [0.29, 0.717) is 24.5 Å². The molecular formula is C27H29NO5. The Morgan fingerprint density at radius 3 is 2.15 bits per heavy atom. The first-order valence-corrected chi connectivity index (χ1v) is 11.3. The molecular weight excluding hydrogens is 418 g/mol. The number of rotatable bonds is 10. The van der Waals surface area contributed by atoms with Gasteiger partial charge in [-0.3, -0.25) is 4.79 Å². The summed E-state index contributed by atoms with van der Waals surface area (Å²) in [6, 6.07) is 16.9. The fraction of sp³-hybridized carbons (Fsp3) is 0.370. The molecule has 0 aromatic heterocycles.